The van der Waals surface area contributed by atoms with Gasteiger partial charge in [0.25, 0.3) is 0 Å². The zero-order valence-electron chi connectivity index (χ0n) is 9.33. The minimum atomic E-state index is -0.153. The van der Waals surface area contributed by atoms with Crippen molar-refractivity contribution in [3.05, 3.63) is 35.6 Å². The van der Waals surface area contributed by atoms with Gasteiger partial charge in [-0.25, -0.2) is 4.39 Å². The molecule has 1 saturated carbocycles. The van der Waals surface area contributed by atoms with Crippen molar-refractivity contribution in [3.63, 3.8) is 0 Å². The molecule has 0 saturated heterocycles. The van der Waals surface area contributed by atoms with Crippen molar-refractivity contribution >= 4 is 0 Å². The second-order valence-corrected chi connectivity index (χ2v) is 4.60. The van der Waals surface area contributed by atoms with Crippen LogP contribution in [0.4, 0.5) is 4.39 Å². The molecular formula is C13H18FN. The summed E-state index contributed by atoms with van der Waals surface area (Å²) >= 11 is 0. The molecule has 0 aliphatic heterocycles. The predicted molar refractivity (Wildman–Crippen MR) is 60.2 cm³/mol. The zero-order valence-corrected chi connectivity index (χ0v) is 9.33. The van der Waals surface area contributed by atoms with Gasteiger partial charge >= 0.3 is 0 Å². The monoisotopic (exact) mass is 207 g/mol. The topological polar surface area (TPSA) is 12.0 Å². The molecular weight excluding hydrogens is 189 g/mol. The number of hydrogen-bond acceptors (Lipinski definition) is 1. The maximum atomic E-state index is 12.7. The van der Waals surface area contributed by atoms with E-state index in [1.807, 2.05) is 19.2 Å². The van der Waals surface area contributed by atoms with Gasteiger partial charge in [0.05, 0.1) is 0 Å². The van der Waals surface area contributed by atoms with Crippen molar-refractivity contribution in [1.82, 2.24) is 5.32 Å². The molecule has 1 nitrogen and oxygen atoms in total. The average Bonchev–Trinajstić information content (AvgIpc) is 2.95. The Morgan fingerprint density at radius 2 is 2.00 bits per heavy atom. The fourth-order valence-electron chi connectivity index (χ4n) is 2.25. The SMILES string of the molecule is CNC(Cc1ccc(F)cc1)C1CC1C. The van der Waals surface area contributed by atoms with E-state index in [0.717, 1.165) is 18.3 Å². The Labute approximate surface area is 90.7 Å². The van der Waals surface area contributed by atoms with Crippen molar-refractivity contribution in [3.8, 4) is 0 Å². The summed E-state index contributed by atoms with van der Waals surface area (Å²) in [7, 11) is 2.01. The molecule has 1 aliphatic carbocycles. The Bertz CT molecular complexity index is 320. The first-order chi connectivity index (χ1) is 7.20. The van der Waals surface area contributed by atoms with Crippen LogP contribution in [0.25, 0.3) is 0 Å². The highest BCUT2D eigenvalue weighted by atomic mass is 19.1. The number of likely N-dealkylation sites (N-methyl/N-ethyl adjacent to an activating group) is 1. The van der Waals surface area contributed by atoms with E-state index in [1.54, 1.807) is 12.1 Å². The van der Waals surface area contributed by atoms with Crippen molar-refractivity contribution in [1.29, 1.82) is 0 Å². The van der Waals surface area contributed by atoms with Crippen LogP contribution in [-0.2, 0) is 6.42 Å². The van der Waals surface area contributed by atoms with Crippen LogP contribution in [-0.4, -0.2) is 13.1 Å². The van der Waals surface area contributed by atoms with E-state index in [9.17, 15) is 4.39 Å². The van der Waals surface area contributed by atoms with Gasteiger partial charge in [-0.15, -0.1) is 0 Å². The summed E-state index contributed by atoms with van der Waals surface area (Å²) in [5.74, 6) is 1.50. The van der Waals surface area contributed by atoms with Crippen molar-refractivity contribution < 1.29 is 4.39 Å². The molecule has 1 aromatic rings. The van der Waals surface area contributed by atoms with Crippen LogP contribution < -0.4 is 5.32 Å². The molecule has 1 aromatic carbocycles. The fraction of sp³-hybridized carbons (Fsp3) is 0.538. The lowest BCUT2D eigenvalue weighted by Crippen LogP contribution is -2.30. The molecule has 15 heavy (non-hydrogen) atoms. The minimum absolute atomic E-state index is 0.153. The molecule has 0 amide bonds. The highest BCUT2D eigenvalue weighted by Gasteiger charge is 2.38. The van der Waals surface area contributed by atoms with Crippen LogP contribution in [0, 0.1) is 17.7 Å². The summed E-state index contributed by atoms with van der Waals surface area (Å²) in [5, 5.41) is 3.36. The lowest BCUT2D eigenvalue weighted by atomic mass is 10.0. The van der Waals surface area contributed by atoms with Crippen LogP contribution in [0.2, 0.25) is 0 Å². The molecule has 1 N–H and O–H groups in total. The maximum absolute atomic E-state index is 12.7. The lowest BCUT2D eigenvalue weighted by Gasteiger charge is -2.15. The van der Waals surface area contributed by atoms with Crippen LogP contribution in [0.5, 0.6) is 0 Å². The Kier molecular flexibility index (Phi) is 3.06. The third kappa shape index (κ3) is 2.57. The van der Waals surface area contributed by atoms with Gasteiger partial charge in [-0.2, -0.15) is 0 Å². The van der Waals surface area contributed by atoms with E-state index in [1.165, 1.54) is 12.0 Å². The Morgan fingerprint density at radius 3 is 2.47 bits per heavy atom. The first kappa shape index (κ1) is 10.6. The van der Waals surface area contributed by atoms with Gasteiger partial charge in [-0.05, 0) is 49.4 Å². The summed E-state index contributed by atoms with van der Waals surface area (Å²) in [4.78, 5) is 0. The standard InChI is InChI=1S/C13H18FN/c1-9-7-12(9)13(15-2)8-10-3-5-11(14)6-4-10/h3-6,9,12-13,15H,7-8H2,1-2H3. The van der Waals surface area contributed by atoms with Crippen LogP contribution in [0.1, 0.15) is 18.9 Å². The third-order valence-corrected chi connectivity index (χ3v) is 3.43. The van der Waals surface area contributed by atoms with E-state index >= 15 is 0 Å². The number of halogens is 1. The normalized spacial score (nSPS) is 26.3. The molecule has 0 radical (unpaired) electrons. The molecule has 0 bridgehead atoms. The van der Waals surface area contributed by atoms with E-state index in [0.29, 0.717) is 6.04 Å². The molecule has 1 fully saturated rings. The smallest absolute Gasteiger partial charge is 0.123 e. The average molecular weight is 207 g/mol. The van der Waals surface area contributed by atoms with Crippen molar-refractivity contribution in [2.45, 2.75) is 25.8 Å². The molecule has 2 rings (SSSR count). The molecule has 2 heteroatoms. The molecule has 1 aliphatic rings. The van der Waals surface area contributed by atoms with Gasteiger partial charge in [-0.1, -0.05) is 19.1 Å². The van der Waals surface area contributed by atoms with Crippen LogP contribution >= 0.6 is 0 Å². The lowest BCUT2D eigenvalue weighted by molar-refractivity contribution is 0.479. The molecule has 0 heterocycles. The second-order valence-electron chi connectivity index (χ2n) is 4.60. The predicted octanol–water partition coefficient (Wildman–Crippen LogP) is 2.61. The van der Waals surface area contributed by atoms with E-state index < -0.39 is 0 Å². The van der Waals surface area contributed by atoms with Gasteiger partial charge in [0, 0.05) is 6.04 Å². The Hall–Kier alpha value is -0.890. The van der Waals surface area contributed by atoms with Crippen molar-refractivity contribution in [2.75, 3.05) is 7.05 Å². The fourth-order valence-corrected chi connectivity index (χ4v) is 2.25. The number of benzene rings is 1. The highest BCUT2D eigenvalue weighted by molar-refractivity contribution is 5.18. The van der Waals surface area contributed by atoms with Gasteiger partial charge in [0.15, 0.2) is 0 Å². The number of rotatable bonds is 4. The summed E-state index contributed by atoms with van der Waals surface area (Å²) in [6, 6.07) is 7.39. The minimum Gasteiger partial charge on any atom is -0.316 e. The van der Waals surface area contributed by atoms with Gasteiger partial charge in [0.1, 0.15) is 5.82 Å². The summed E-state index contributed by atoms with van der Waals surface area (Å²) in [6.45, 7) is 2.29. The van der Waals surface area contributed by atoms with Crippen LogP contribution in [0.3, 0.4) is 0 Å². The highest BCUT2D eigenvalue weighted by Crippen LogP contribution is 2.41. The summed E-state index contributed by atoms with van der Waals surface area (Å²) in [5.41, 5.74) is 1.22. The van der Waals surface area contributed by atoms with Gasteiger partial charge in [-0.3, -0.25) is 0 Å². The first-order valence-corrected chi connectivity index (χ1v) is 5.62. The van der Waals surface area contributed by atoms with E-state index in [2.05, 4.69) is 12.2 Å². The molecule has 3 atom stereocenters. The van der Waals surface area contributed by atoms with Gasteiger partial charge in [0.2, 0.25) is 0 Å². The van der Waals surface area contributed by atoms with E-state index in [4.69, 9.17) is 0 Å². The van der Waals surface area contributed by atoms with Gasteiger partial charge < -0.3 is 5.32 Å². The second kappa shape index (κ2) is 4.31. The molecule has 0 spiro atoms. The molecule has 0 aromatic heterocycles. The van der Waals surface area contributed by atoms with Crippen LogP contribution in [0.15, 0.2) is 24.3 Å². The largest absolute Gasteiger partial charge is 0.316 e. The molecule has 82 valence electrons. The summed E-state index contributed by atoms with van der Waals surface area (Å²) < 4.78 is 12.7. The van der Waals surface area contributed by atoms with Crippen molar-refractivity contribution in [2.24, 2.45) is 11.8 Å². The Morgan fingerprint density at radius 1 is 1.40 bits per heavy atom. The first-order valence-electron chi connectivity index (χ1n) is 5.62. The molecule has 3 unspecified atom stereocenters. The maximum Gasteiger partial charge on any atom is 0.123 e. The van der Waals surface area contributed by atoms with E-state index in [-0.39, 0.29) is 5.82 Å². The number of hydrogen-bond donors (Lipinski definition) is 1. The summed E-state index contributed by atoms with van der Waals surface area (Å²) in [6.07, 6.45) is 2.33. The Balaban J connectivity index is 1.97. The quantitative estimate of drug-likeness (QED) is 0.800. The number of nitrogens with one attached hydrogen (secondary N) is 1. The third-order valence-electron chi connectivity index (χ3n) is 3.43. The zero-order chi connectivity index (χ0) is 10.8.